The van der Waals surface area contributed by atoms with Crippen molar-refractivity contribution in [2.75, 3.05) is 0 Å². The number of hydrogen-bond acceptors (Lipinski definition) is 4. The number of amides is 1. The summed E-state index contributed by atoms with van der Waals surface area (Å²) >= 11 is 0. The van der Waals surface area contributed by atoms with Crippen LogP contribution in [0.15, 0.2) is 60.2 Å². The molecular weight excluding hydrogens is 339 g/mol. The number of nitrogens with one attached hydrogen (secondary N) is 1. The molecule has 7 heteroatoms. The first-order chi connectivity index (χ1) is 12.1. The number of aromatic nitrogens is 2. The van der Waals surface area contributed by atoms with Gasteiger partial charge < -0.3 is 10.4 Å². The van der Waals surface area contributed by atoms with Crippen LogP contribution in [0.2, 0.25) is 0 Å². The van der Waals surface area contributed by atoms with Crippen molar-refractivity contribution >= 4 is 52.1 Å². The molecule has 3 aromatic rings. The minimum absolute atomic E-state index is 0. The van der Waals surface area contributed by atoms with Gasteiger partial charge in [0.1, 0.15) is 11.8 Å². The van der Waals surface area contributed by atoms with Crippen molar-refractivity contribution in [3.63, 3.8) is 0 Å². The Kier molecular flexibility index (Phi) is 6.58. The summed E-state index contributed by atoms with van der Waals surface area (Å²) in [7, 11) is 1.74. The van der Waals surface area contributed by atoms with Crippen LogP contribution in [0.3, 0.4) is 0 Å². The standard InChI is InChI=1S/C19H16N4O2.Na.H/c1-23-16-10-6-5-9-14(16)17(22-23)18(24)15(11-20)19(25)21-12-13-7-3-2-4-8-13;;/h2-10,24H,12H2,1H3,(H,21,25);;/b18-15-;;. The van der Waals surface area contributed by atoms with E-state index in [1.165, 1.54) is 0 Å². The molecule has 0 atom stereocenters. The van der Waals surface area contributed by atoms with Crippen molar-refractivity contribution in [3.8, 4) is 6.07 Å². The predicted octanol–water partition coefficient (Wildman–Crippen LogP) is 2.03. The van der Waals surface area contributed by atoms with Gasteiger partial charge in [-0.1, -0.05) is 48.5 Å². The molecule has 0 unspecified atom stereocenters. The summed E-state index contributed by atoms with van der Waals surface area (Å²) in [6.45, 7) is 0.265. The molecule has 0 radical (unpaired) electrons. The fourth-order valence-electron chi connectivity index (χ4n) is 2.58. The van der Waals surface area contributed by atoms with E-state index >= 15 is 0 Å². The second-order valence-corrected chi connectivity index (χ2v) is 5.49. The Bertz CT molecular complexity index is 1000. The Hall–Kier alpha value is -2.59. The number of carbonyl (C=O) groups is 1. The molecular formula is C19H17N4NaO2. The van der Waals surface area contributed by atoms with Gasteiger partial charge in [-0.3, -0.25) is 9.48 Å². The number of aliphatic hydroxyl groups excluding tert-OH is 1. The first kappa shape index (κ1) is 19.7. The Morgan fingerprint density at radius 3 is 2.54 bits per heavy atom. The molecule has 2 aromatic carbocycles. The van der Waals surface area contributed by atoms with Crippen molar-refractivity contribution in [1.82, 2.24) is 15.1 Å². The summed E-state index contributed by atoms with van der Waals surface area (Å²) < 4.78 is 1.59. The van der Waals surface area contributed by atoms with E-state index in [1.54, 1.807) is 23.9 Å². The SMILES string of the molecule is Cn1nc(/C(O)=C(\C#N)C(=O)NCc2ccccc2)c2ccccc21.[NaH]. The van der Waals surface area contributed by atoms with Crippen molar-refractivity contribution in [2.45, 2.75) is 6.54 Å². The maximum atomic E-state index is 12.3. The third-order valence-corrected chi connectivity index (χ3v) is 3.85. The average Bonchev–Trinajstić information content (AvgIpc) is 2.98. The fourth-order valence-corrected chi connectivity index (χ4v) is 2.58. The molecule has 0 aliphatic rings. The topological polar surface area (TPSA) is 90.9 Å². The van der Waals surface area contributed by atoms with Crippen molar-refractivity contribution in [2.24, 2.45) is 7.05 Å². The summed E-state index contributed by atoms with van der Waals surface area (Å²) in [4.78, 5) is 12.3. The van der Waals surface area contributed by atoms with Crippen LogP contribution in [-0.2, 0) is 18.4 Å². The molecule has 0 spiro atoms. The van der Waals surface area contributed by atoms with Gasteiger partial charge in [-0.05, 0) is 11.6 Å². The van der Waals surface area contributed by atoms with Gasteiger partial charge in [-0.25, -0.2) is 0 Å². The van der Waals surface area contributed by atoms with E-state index in [4.69, 9.17) is 0 Å². The normalized spacial score (nSPS) is 11.2. The van der Waals surface area contributed by atoms with E-state index < -0.39 is 11.7 Å². The fraction of sp³-hybridized carbons (Fsp3) is 0.105. The second-order valence-electron chi connectivity index (χ2n) is 5.49. The van der Waals surface area contributed by atoms with Crippen LogP contribution in [0.4, 0.5) is 0 Å². The number of carbonyl (C=O) groups excluding carboxylic acids is 1. The van der Waals surface area contributed by atoms with Gasteiger partial charge in [-0.15, -0.1) is 0 Å². The molecule has 0 saturated heterocycles. The van der Waals surface area contributed by atoms with Gasteiger partial charge in [0.2, 0.25) is 0 Å². The zero-order chi connectivity index (χ0) is 17.8. The number of benzene rings is 2. The Labute approximate surface area is 173 Å². The van der Waals surface area contributed by atoms with Gasteiger partial charge in [0.25, 0.3) is 5.91 Å². The van der Waals surface area contributed by atoms with Gasteiger partial charge in [0.05, 0.1) is 5.52 Å². The molecule has 26 heavy (non-hydrogen) atoms. The van der Waals surface area contributed by atoms with E-state index in [0.29, 0.717) is 5.39 Å². The van der Waals surface area contributed by atoms with Crippen molar-refractivity contribution in [1.29, 1.82) is 5.26 Å². The van der Waals surface area contributed by atoms with Gasteiger partial charge in [0.15, 0.2) is 11.3 Å². The van der Waals surface area contributed by atoms with Gasteiger partial charge >= 0.3 is 29.6 Å². The van der Waals surface area contributed by atoms with Crippen LogP contribution in [0.1, 0.15) is 11.3 Å². The minimum atomic E-state index is -0.640. The van der Waals surface area contributed by atoms with E-state index in [0.717, 1.165) is 11.1 Å². The van der Waals surface area contributed by atoms with E-state index in [1.807, 2.05) is 48.5 Å². The van der Waals surface area contributed by atoms with Gasteiger partial charge in [-0.2, -0.15) is 10.4 Å². The molecule has 0 bridgehead atoms. The van der Waals surface area contributed by atoms with E-state index in [9.17, 15) is 15.2 Å². The molecule has 3 rings (SSSR count). The summed E-state index contributed by atoms with van der Waals surface area (Å²) in [5.41, 5.74) is 1.55. The quantitative estimate of drug-likeness (QED) is 0.324. The number of aliphatic hydroxyl groups is 1. The molecule has 0 aliphatic heterocycles. The van der Waals surface area contributed by atoms with Crippen LogP contribution in [-0.4, -0.2) is 50.4 Å². The van der Waals surface area contributed by atoms with Crippen molar-refractivity contribution < 1.29 is 9.90 Å². The second kappa shape index (κ2) is 8.68. The zero-order valence-corrected chi connectivity index (χ0v) is 13.6. The van der Waals surface area contributed by atoms with Crippen LogP contribution in [0.25, 0.3) is 16.7 Å². The number of nitriles is 1. The van der Waals surface area contributed by atoms with Crippen molar-refractivity contribution in [3.05, 3.63) is 71.4 Å². The van der Waals surface area contributed by atoms with Crippen LogP contribution in [0, 0.1) is 11.3 Å². The van der Waals surface area contributed by atoms with E-state index in [-0.39, 0.29) is 47.4 Å². The number of fused-ring (bicyclic) bond motifs is 1. The summed E-state index contributed by atoms with van der Waals surface area (Å²) in [5.74, 6) is -1.07. The summed E-state index contributed by atoms with van der Waals surface area (Å²) in [6, 6.07) is 18.4. The third kappa shape index (κ3) is 3.97. The van der Waals surface area contributed by atoms with Crippen LogP contribution in [0.5, 0.6) is 0 Å². The van der Waals surface area contributed by atoms with E-state index in [2.05, 4.69) is 10.4 Å². The molecule has 6 nitrogen and oxygen atoms in total. The summed E-state index contributed by atoms with van der Waals surface area (Å²) in [5, 5.41) is 27.4. The first-order valence-electron chi connectivity index (χ1n) is 7.69. The molecule has 0 saturated carbocycles. The monoisotopic (exact) mass is 356 g/mol. The summed E-state index contributed by atoms with van der Waals surface area (Å²) in [6.07, 6.45) is 0. The Morgan fingerprint density at radius 2 is 1.85 bits per heavy atom. The zero-order valence-electron chi connectivity index (χ0n) is 13.6. The molecule has 1 aromatic heterocycles. The predicted molar refractivity (Wildman–Crippen MR) is 101 cm³/mol. The van der Waals surface area contributed by atoms with Crippen LogP contribution >= 0.6 is 0 Å². The number of para-hydroxylation sites is 1. The van der Waals surface area contributed by atoms with Crippen LogP contribution < -0.4 is 5.32 Å². The first-order valence-corrected chi connectivity index (χ1v) is 7.69. The number of aryl methyl sites for hydroxylation is 1. The molecule has 0 aliphatic carbocycles. The maximum absolute atomic E-state index is 12.3. The Balaban J connectivity index is 0.00000243. The molecule has 126 valence electrons. The Morgan fingerprint density at radius 1 is 1.19 bits per heavy atom. The molecule has 1 heterocycles. The molecule has 1 amide bonds. The number of nitrogens with zero attached hydrogens (tertiary/aromatic N) is 3. The number of rotatable bonds is 4. The molecule has 0 fully saturated rings. The number of hydrogen-bond donors (Lipinski definition) is 2. The molecule has 2 N–H and O–H groups in total. The van der Waals surface area contributed by atoms with Gasteiger partial charge in [0, 0.05) is 19.0 Å². The average molecular weight is 356 g/mol. The third-order valence-electron chi connectivity index (χ3n) is 3.85.